The van der Waals surface area contributed by atoms with Crippen LogP contribution in [0, 0.1) is 0 Å². The zero-order chi connectivity index (χ0) is 20.7. The van der Waals surface area contributed by atoms with Gasteiger partial charge >= 0.3 is 12.3 Å². The third-order valence-corrected chi connectivity index (χ3v) is 3.59. The SMILES string of the molecule is COC(=O)c1cccc(CN(C)CC(=O)Nc2ccc(OC(F)(F)F)cc2)c1. The van der Waals surface area contributed by atoms with E-state index in [9.17, 15) is 22.8 Å². The molecule has 2 rings (SSSR count). The van der Waals surface area contributed by atoms with Crippen molar-refractivity contribution < 1.29 is 32.2 Å². The number of esters is 1. The minimum atomic E-state index is -4.77. The average molecular weight is 396 g/mol. The van der Waals surface area contributed by atoms with E-state index in [4.69, 9.17) is 0 Å². The lowest BCUT2D eigenvalue weighted by molar-refractivity contribution is -0.274. The van der Waals surface area contributed by atoms with Gasteiger partial charge in [-0.2, -0.15) is 0 Å². The summed E-state index contributed by atoms with van der Waals surface area (Å²) >= 11 is 0. The van der Waals surface area contributed by atoms with Crippen molar-refractivity contribution in [2.24, 2.45) is 0 Å². The molecular formula is C19H19F3N2O4. The number of amides is 1. The number of anilines is 1. The lowest BCUT2D eigenvalue weighted by atomic mass is 10.1. The molecule has 0 saturated heterocycles. The monoisotopic (exact) mass is 396 g/mol. The maximum Gasteiger partial charge on any atom is 0.573 e. The van der Waals surface area contributed by atoms with Crippen molar-refractivity contribution in [3.63, 3.8) is 0 Å². The number of methoxy groups -OCH3 is 1. The second-order valence-electron chi connectivity index (χ2n) is 5.98. The maximum absolute atomic E-state index is 12.1. The van der Waals surface area contributed by atoms with Crippen LogP contribution in [0.25, 0.3) is 0 Å². The first kappa shape index (κ1) is 21.2. The highest BCUT2D eigenvalue weighted by atomic mass is 19.4. The molecule has 0 radical (unpaired) electrons. The van der Waals surface area contributed by atoms with Gasteiger partial charge in [-0.15, -0.1) is 13.2 Å². The maximum atomic E-state index is 12.1. The number of hydrogen-bond donors (Lipinski definition) is 1. The molecule has 6 nitrogen and oxygen atoms in total. The van der Waals surface area contributed by atoms with Crippen LogP contribution in [-0.2, 0) is 16.1 Å². The van der Waals surface area contributed by atoms with Crippen LogP contribution in [0.15, 0.2) is 48.5 Å². The van der Waals surface area contributed by atoms with Gasteiger partial charge in [0.2, 0.25) is 5.91 Å². The molecule has 0 aromatic heterocycles. The molecule has 0 saturated carbocycles. The molecule has 0 aliphatic heterocycles. The fraction of sp³-hybridized carbons (Fsp3) is 0.263. The minimum Gasteiger partial charge on any atom is -0.465 e. The first-order valence-corrected chi connectivity index (χ1v) is 8.18. The van der Waals surface area contributed by atoms with Crippen LogP contribution in [0.3, 0.4) is 0 Å². The van der Waals surface area contributed by atoms with Crippen molar-refractivity contribution in [3.8, 4) is 5.75 Å². The molecule has 0 spiro atoms. The number of carbonyl (C=O) groups excluding carboxylic acids is 2. The summed E-state index contributed by atoms with van der Waals surface area (Å²) in [6.07, 6.45) is -4.77. The van der Waals surface area contributed by atoms with E-state index in [1.807, 2.05) is 6.07 Å². The van der Waals surface area contributed by atoms with Crippen molar-refractivity contribution in [3.05, 3.63) is 59.7 Å². The smallest absolute Gasteiger partial charge is 0.465 e. The molecule has 0 aliphatic carbocycles. The summed E-state index contributed by atoms with van der Waals surface area (Å²) in [5, 5.41) is 2.60. The number of rotatable bonds is 7. The summed E-state index contributed by atoms with van der Waals surface area (Å²) in [4.78, 5) is 25.4. The van der Waals surface area contributed by atoms with Crippen LogP contribution >= 0.6 is 0 Å². The zero-order valence-corrected chi connectivity index (χ0v) is 15.2. The summed E-state index contributed by atoms with van der Waals surface area (Å²) in [7, 11) is 3.03. The molecule has 0 unspecified atom stereocenters. The molecule has 0 fully saturated rings. The summed E-state index contributed by atoms with van der Waals surface area (Å²) in [6, 6.07) is 11.7. The molecule has 0 bridgehead atoms. The highest BCUT2D eigenvalue weighted by Gasteiger charge is 2.30. The van der Waals surface area contributed by atoms with Crippen LogP contribution in [-0.4, -0.2) is 43.8 Å². The van der Waals surface area contributed by atoms with E-state index in [1.54, 1.807) is 30.1 Å². The molecule has 28 heavy (non-hydrogen) atoms. The van der Waals surface area contributed by atoms with E-state index in [2.05, 4.69) is 14.8 Å². The Bertz CT molecular complexity index is 823. The van der Waals surface area contributed by atoms with E-state index in [1.165, 1.54) is 19.2 Å². The third kappa shape index (κ3) is 6.92. The summed E-state index contributed by atoms with van der Waals surface area (Å²) in [5.41, 5.74) is 1.59. The van der Waals surface area contributed by atoms with E-state index in [0.29, 0.717) is 17.8 Å². The Morgan fingerprint density at radius 3 is 2.39 bits per heavy atom. The summed E-state index contributed by atoms with van der Waals surface area (Å²) in [6.45, 7) is 0.458. The highest BCUT2D eigenvalue weighted by Crippen LogP contribution is 2.23. The number of carbonyl (C=O) groups is 2. The molecule has 9 heteroatoms. The van der Waals surface area contributed by atoms with Crippen molar-refractivity contribution in [2.45, 2.75) is 12.9 Å². The second-order valence-corrected chi connectivity index (χ2v) is 5.98. The number of halogens is 3. The first-order valence-electron chi connectivity index (χ1n) is 8.18. The number of ether oxygens (including phenoxy) is 2. The quantitative estimate of drug-likeness (QED) is 0.727. The van der Waals surface area contributed by atoms with E-state index in [-0.39, 0.29) is 18.2 Å². The fourth-order valence-corrected chi connectivity index (χ4v) is 2.47. The van der Waals surface area contributed by atoms with E-state index >= 15 is 0 Å². The zero-order valence-electron chi connectivity index (χ0n) is 15.2. The second kappa shape index (κ2) is 9.23. The van der Waals surface area contributed by atoms with Crippen molar-refractivity contribution in [1.82, 2.24) is 4.90 Å². The molecule has 150 valence electrons. The number of alkyl halides is 3. The molecule has 1 N–H and O–H groups in total. The van der Waals surface area contributed by atoms with Gasteiger partial charge in [0.15, 0.2) is 0 Å². The highest BCUT2D eigenvalue weighted by molar-refractivity contribution is 5.92. The largest absolute Gasteiger partial charge is 0.573 e. The molecule has 1 amide bonds. The van der Waals surface area contributed by atoms with Gasteiger partial charge in [0, 0.05) is 12.2 Å². The van der Waals surface area contributed by atoms with E-state index < -0.39 is 12.3 Å². The first-order chi connectivity index (χ1) is 13.2. The number of likely N-dealkylation sites (N-methyl/N-ethyl adjacent to an activating group) is 1. The van der Waals surface area contributed by atoms with Crippen LogP contribution in [0.5, 0.6) is 5.75 Å². The van der Waals surface area contributed by atoms with Gasteiger partial charge in [-0.05, 0) is 49.0 Å². The van der Waals surface area contributed by atoms with Gasteiger partial charge in [0.25, 0.3) is 0 Å². The summed E-state index contributed by atoms with van der Waals surface area (Å²) < 4.78 is 44.9. The number of nitrogens with one attached hydrogen (secondary N) is 1. The predicted molar refractivity (Wildman–Crippen MR) is 95.9 cm³/mol. The average Bonchev–Trinajstić information content (AvgIpc) is 2.61. The number of benzene rings is 2. The van der Waals surface area contributed by atoms with Gasteiger partial charge in [-0.25, -0.2) is 4.79 Å². The minimum absolute atomic E-state index is 0.0449. The Balaban J connectivity index is 1.88. The third-order valence-electron chi connectivity index (χ3n) is 3.59. The Kier molecular flexibility index (Phi) is 7.00. The lowest BCUT2D eigenvalue weighted by Crippen LogP contribution is -2.29. The molecule has 0 atom stereocenters. The van der Waals surface area contributed by atoms with Crippen LogP contribution in [0.1, 0.15) is 15.9 Å². The van der Waals surface area contributed by atoms with Gasteiger partial charge in [-0.3, -0.25) is 9.69 Å². The van der Waals surface area contributed by atoms with Gasteiger partial charge < -0.3 is 14.8 Å². The topological polar surface area (TPSA) is 67.9 Å². The van der Waals surface area contributed by atoms with Crippen molar-refractivity contribution in [1.29, 1.82) is 0 Å². The van der Waals surface area contributed by atoms with Crippen LogP contribution in [0.4, 0.5) is 18.9 Å². The fourth-order valence-electron chi connectivity index (χ4n) is 2.47. The Morgan fingerprint density at radius 2 is 1.79 bits per heavy atom. The Hall–Kier alpha value is -3.07. The number of hydrogen-bond acceptors (Lipinski definition) is 5. The van der Waals surface area contributed by atoms with Crippen molar-refractivity contribution in [2.75, 3.05) is 26.0 Å². The Morgan fingerprint density at radius 1 is 1.11 bits per heavy atom. The van der Waals surface area contributed by atoms with Gasteiger partial charge in [0.1, 0.15) is 5.75 Å². The van der Waals surface area contributed by atoms with E-state index in [0.717, 1.165) is 17.7 Å². The van der Waals surface area contributed by atoms with Crippen LogP contribution < -0.4 is 10.1 Å². The van der Waals surface area contributed by atoms with Gasteiger partial charge in [0.05, 0.1) is 19.2 Å². The Labute approximate surface area is 159 Å². The molecule has 2 aromatic carbocycles. The summed E-state index contributed by atoms with van der Waals surface area (Å²) in [5.74, 6) is -1.15. The van der Waals surface area contributed by atoms with Crippen LogP contribution in [0.2, 0.25) is 0 Å². The standard InChI is InChI=1S/C19H19F3N2O4/c1-24(11-13-4-3-5-14(10-13)18(26)27-2)12-17(25)23-15-6-8-16(9-7-15)28-19(20,21)22/h3-10H,11-12H2,1-2H3,(H,23,25). The molecule has 2 aromatic rings. The molecule has 0 aliphatic rings. The van der Waals surface area contributed by atoms with Gasteiger partial charge in [-0.1, -0.05) is 12.1 Å². The normalized spacial score (nSPS) is 11.2. The molecule has 0 heterocycles. The number of nitrogens with zero attached hydrogens (tertiary/aromatic N) is 1. The molecular weight excluding hydrogens is 377 g/mol. The predicted octanol–water partition coefficient (Wildman–Crippen LogP) is 3.44. The lowest BCUT2D eigenvalue weighted by Gasteiger charge is -2.17. The van der Waals surface area contributed by atoms with Crippen molar-refractivity contribution >= 4 is 17.6 Å².